The quantitative estimate of drug-likeness (QED) is 0.281. The molecule has 0 amide bonds. The number of fused-ring (bicyclic) bond motifs is 1. The number of ether oxygens (including phenoxy) is 1. The lowest BCUT2D eigenvalue weighted by atomic mass is 10.00. The van der Waals surface area contributed by atoms with Gasteiger partial charge in [0.05, 0.1) is 25.5 Å². The molecule has 0 saturated carbocycles. The molecular formula is C30H34N6O3. The monoisotopic (exact) mass is 526 g/mol. The summed E-state index contributed by atoms with van der Waals surface area (Å²) in [6.07, 6.45) is 2.56. The Morgan fingerprint density at radius 3 is 2.49 bits per heavy atom. The lowest BCUT2D eigenvalue weighted by Gasteiger charge is -2.32. The summed E-state index contributed by atoms with van der Waals surface area (Å²) in [5.74, 6) is 2.13. The van der Waals surface area contributed by atoms with Gasteiger partial charge in [0.15, 0.2) is 5.82 Å². The fourth-order valence-corrected chi connectivity index (χ4v) is 4.84. The molecule has 5 aromatic rings. The molecule has 0 radical (unpaired) electrons. The Bertz CT molecular complexity index is 1600. The summed E-state index contributed by atoms with van der Waals surface area (Å²) in [5.41, 5.74) is 3.01. The predicted molar refractivity (Wildman–Crippen MR) is 150 cm³/mol. The molecule has 3 heterocycles. The topological polar surface area (TPSA) is 102 Å². The summed E-state index contributed by atoms with van der Waals surface area (Å²) in [6, 6.07) is 19.3. The highest BCUT2D eigenvalue weighted by molar-refractivity contribution is 5.80. The third kappa shape index (κ3) is 5.63. The van der Waals surface area contributed by atoms with Crippen molar-refractivity contribution in [2.45, 2.75) is 58.8 Å². The Hall–Kier alpha value is -4.24. The van der Waals surface area contributed by atoms with Crippen LogP contribution >= 0.6 is 0 Å². The van der Waals surface area contributed by atoms with E-state index >= 15 is 0 Å². The number of nitrogens with zero attached hydrogens (tertiary/aromatic N) is 5. The van der Waals surface area contributed by atoms with E-state index in [1.165, 1.54) is 5.56 Å². The number of rotatable bonds is 9. The molecule has 0 aliphatic carbocycles. The van der Waals surface area contributed by atoms with Crippen molar-refractivity contribution >= 4 is 10.9 Å². The zero-order valence-electron chi connectivity index (χ0n) is 23.0. The van der Waals surface area contributed by atoms with E-state index in [0.717, 1.165) is 34.4 Å². The molecule has 0 aliphatic heterocycles. The van der Waals surface area contributed by atoms with E-state index in [4.69, 9.17) is 9.15 Å². The average Bonchev–Trinajstić information content (AvgIpc) is 3.62. The van der Waals surface area contributed by atoms with Gasteiger partial charge in [-0.3, -0.25) is 9.69 Å². The van der Waals surface area contributed by atoms with Gasteiger partial charge in [0, 0.05) is 17.6 Å². The number of aromatic nitrogens is 5. The molecule has 9 heteroatoms. The molecule has 9 nitrogen and oxygen atoms in total. The molecule has 5 rings (SSSR count). The van der Waals surface area contributed by atoms with Gasteiger partial charge < -0.3 is 14.1 Å². The molecule has 0 fully saturated rings. The van der Waals surface area contributed by atoms with Gasteiger partial charge in [-0.05, 0) is 96.6 Å². The fraction of sp³-hybridized carbons (Fsp3) is 0.333. The van der Waals surface area contributed by atoms with Crippen LogP contribution in [0.3, 0.4) is 0 Å². The van der Waals surface area contributed by atoms with Crippen LogP contribution in [0.5, 0.6) is 5.75 Å². The van der Waals surface area contributed by atoms with Gasteiger partial charge in [-0.2, -0.15) is 0 Å². The van der Waals surface area contributed by atoms with Crippen molar-refractivity contribution in [2.24, 2.45) is 0 Å². The maximum absolute atomic E-state index is 13.7. The number of benzene rings is 2. The maximum Gasteiger partial charge on any atom is 0.253 e. The van der Waals surface area contributed by atoms with Crippen LogP contribution in [0.2, 0.25) is 0 Å². The molecule has 0 saturated heterocycles. The number of H-pyrrole nitrogens is 1. The van der Waals surface area contributed by atoms with Crippen molar-refractivity contribution in [2.75, 3.05) is 7.11 Å². The van der Waals surface area contributed by atoms with Gasteiger partial charge >= 0.3 is 0 Å². The smallest absolute Gasteiger partial charge is 0.253 e. The number of pyridine rings is 1. The number of aromatic amines is 1. The third-order valence-corrected chi connectivity index (χ3v) is 6.86. The van der Waals surface area contributed by atoms with Crippen LogP contribution in [0.1, 0.15) is 62.0 Å². The van der Waals surface area contributed by atoms with Gasteiger partial charge in [0.2, 0.25) is 0 Å². The van der Waals surface area contributed by atoms with Crippen molar-refractivity contribution in [3.8, 4) is 5.75 Å². The molecule has 3 aromatic heterocycles. The highest BCUT2D eigenvalue weighted by Gasteiger charge is 2.34. The zero-order valence-corrected chi connectivity index (χ0v) is 23.0. The minimum absolute atomic E-state index is 0.181. The predicted octanol–water partition coefficient (Wildman–Crippen LogP) is 5.23. The molecule has 1 atom stereocenters. The Morgan fingerprint density at radius 1 is 1.05 bits per heavy atom. The summed E-state index contributed by atoms with van der Waals surface area (Å²) in [4.78, 5) is 19.0. The number of hydrogen-bond donors (Lipinski definition) is 1. The number of furan rings is 1. The van der Waals surface area contributed by atoms with Crippen LogP contribution < -0.4 is 10.3 Å². The first-order valence-electron chi connectivity index (χ1n) is 13.1. The molecule has 0 spiro atoms. The first kappa shape index (κ1) is 26.4. The van der Waals surface area contributed by atoms with E-state index in [1.807, 2.05) is 75.4 Å². The molecule has 39 heavy (non-hydrogen) atoms. The number of tetrazole rings is 1. The number of hydrogen-bond acceptors (Lipinski definition) is 7. The van der Waals surface area contributed by atoms with Crippen LogP contribution in [-0.2, 0) is 25.0 Å². The van der Waals surface area contributed by atoms with Gasteiger partial charge in [-0.25, -0.2) is 4.68 Å². The van der Waals surface area contributed by atoms with E-state index in [2.05, 4.69) is 38.4 Å². The molecular weight excluding hydrogens is 492 g/mol. The van der Waals surface area contributed by atoms with Crippen molar-refractivity contribution in [1.29, 1.82) is 0 Å². The number of nitrogens with one attached hydrogen (secondary N) is 1. The lowest BCUT2D eigenvalue weighted by Crippen LogP contribution is -2.37. The standard InChI is InChI=1S/C30H34N6O3/c1-6-20-11-14-26-22(16-20)17-25(29(37)31-26)27(28-32-33-34-36(28)30(2,3)4)35(19-24-8-7-15-39-24)18-21-9-12-23(38-5)13-10-21/h7-17,27H,6,18-19H2,1-5H3,(H,31,37)/t27-/m1/s1. The Balaban J connectivity index is 1.71. The number of methoxy groups -OCH3 is 1. The average molecular weight is 527 g/mol. The van der Waals surface area contributed by atoms with E-state index < -0.39 is 11.6 Å². The number of aryl methyl sites for hydroxylation is 1. The first-order valence-corrected chi connectivity index (χ1v) is 13.1. The SMILES string of the molecule is CCc1ccc2[nH]c(=O)c([C@H](c3nnnn3C(C)(C)C)N(Cc3ccc(OC)cc3)Cc3ccco3)cc2c1. The van der Waals surface area contributed by atoms with Gasteiger partial charge in [-0.1, -0.05) is 25.1 Å². The molecule has 2 aromatic carbocycles. The third-order valence-electron chi connectivity index (χ3n) is 6.86. The zero-order chi connectivity index (χ0) is 27.6. The van der Waals surface area contributed by atoms with Crippen LogP contribution in [0.25, 0.3) is 10.9 Å². The minimum Gasteiger partial charge on any atom is -0.497 e. The van der Waals surface area contributed by atoms with Crippen molar-refractivity contribution < 1.29 is 9.15 Å². The van der Waals surface area contributed by atoms with E-state index in [0.29, 0.717) is 24.5 Å². The van der Waals surface area contributed by atoms with Gasteiger partial charge in [0.25, 0.3) is 5.56 Å². The van der Waals surface area contributed by atoms with Crippen molar-refractivity contribution in [3.63, 3.8) is 0 Å². The van der Waals surface area contributed by atoms with Crippen LogP contribution in [-0.4, -0.2) is 37.2 Å². The highest BCUT2D eigenvalue weighted by Crippen LogP contribution is 2.32. The summed E-state index contributed by atoms with van der Waals surface area (Å²) in [5, 5.41) is 13.8. The molecule has 202 valence electrons. The largest absolute Gasteiger partial charge is 0.497 e. The van der Waals surface area contributed by atoms with Crippen molar-refractivity contribution in [3.05, 3.63) is 106 Å². The second kappa shape index (κ2) is 10.9. The second-order valence-corrected chi connectivity index (χ2v) is 10.7. The maximum atomic E-state index is 13.7. The summed E-state index contributed by atoms with van der Waals surface area (Å²) in [6.45, 7) is 9.20. The fourth-order valence-electron chi connectivity index (χ4n) is 4.84. The van der Waals surface area contributed by atoms with Gasteiger partial charge in [0.1, 0.15) is 17.6 Å². The van der Waals surface area contributed by atoms with Crippen LogP contribution in [0, 0.1) is 0 Å². The second-order valence-electron chi connectivity index (χ2n) is 10.7. The van der Waals surface area contributed by atoms with Gasteiger partial charge in [-0.15, -0.1) is 5.10 Å². The van der Waals surface area contributed by atoms with Crippen molar-refractivity contribution in [1.82, 2.24) is 30.1 Å². The normalized spacial score (nSPS) is 12.8. The van der Waals surface area contributed by atoms with E-state index in [9.17, 15) is 4.79 Å². The molecule has 0 unspecified atom stereocenters. The highest BCUT2D eigenvalue weighted by atomic mass is 16.5. The Kier molecular flexibility index (Phi) is 7.34. The summed E-state index contributed by atoms with van der Waals surface area (Å²) >= 11 is 0. The first-order chi connectivity index (χ1) is 18.8. The Morgan fingerprint density at radius 2 is 1.82 bits per heavy atom. The minimum atomic E-state index is -0.565. The summed E-state index contributed by atoms with van der Waals surface area (Å²) in [7, 11) is 1.65. The molecule has 0 aliphatic rings. The lowest BCUT2D eigenvalue weighted by molar-refractivity contribution is 0.171. The van der Waals surface area contributed by atoms with Crippen LogP contribution in [0.15, 0.2) is 76.1 Å². The van der Waals surface area contributed by atoms with E-state index in [1.54, 1.807) is 18.1 Å². The molecule has 0 bridgehead atoms. The Labute approximate surface area is 227 Å². The van der Waals surface area contributed by atoms with E-state index in [-0.39, 0.29) is 5.56 Å². The summed E-state index contributed by atoms with van der Waals surface area (Å²) < 4.78 is 12.9. The van der Waals surface area contributed by atoms with Crippen LogP contribution in [0.4, 0.5) is 0 Å². The molecule has 1 N–H and O–H groups in total.